The molecule has 0 N–H and O–H groups in total. The van der Waals surface area contributed by atoms with E-state index in [-0.39, 0.29) is 35.5 Å². The summed E-state index contributed by atoms with van der Waals surface area (Å²) >= 11 is 0. The van der Waals surface area contributed by atoms with Crippen LogP contribution in [0.1, 0.15) is 17.5 Å². The maximum absolute atomic E-state index is 12.7. The van der Waals surface area contributed by atoms with E-state index in [2.05, 4.69) is 17.3 Å². The number of benzene rings is 1. The minimum atomic E-state index is -0.170. The van der Waals surface area contributed by atoms with E-state index in [9.17, 15) is 9.59 Å². The van der Waals surface area contributed by atoms with Gasteiger partial charge in [-0.25, -0.2) is 0 Å². The number of allylic oxidation sites excluding steroid dienone is 2. The lowest BCUT2D eigenvalue weighted by Crippen LogP contribution is -2.40. The fourth-order valence-electron chi connectivity index (χ4n) is 4.83. The van der Waals surface area contributed by atoms with Crippen LogP contribution in [0.2, 0.25) is 0 Å². The van der Waals surface area contributed by atoms with E-state index in [1.807, 2.05) is 31.2 Å². The van der Waals surface area contributed by atoms with E-state index < -0.39 is 0 Å². The van der Waals surface area contributed by atoms with E-state index in [4.69, 9.17) is 0 Å². The van der Waals surface area contributed by atoms with E-state index in [1.165, 1.54) is 12.0 Å². The summed E-state index contributed by atoms with van der Waals surface area (Å²) in [5.74, 6) is 1.22. The van der Waals surface area contributed by atoms with Gasteiger partial charge in [0.2, 0.25) is 0 Å². The monoisotopic (exact) mass is 306 g/mol. The fraction of sp³-hybridized carbons (Fsp3) is 0.421. The summed E-state index contributed by atoms with van der Waals surface area (Å²) in [6.45, 7) is 2.02. The normalized spacial score (nSPS) is 40.0. The molecule has 1 aromatic rings. The van der Waals surface area contributed by atoms with Crippen molar-refractivity contribution in [3.63, 3.8) is 0 Å². The highest BCUT2D eigenvalue weighted by Crippen LogP contribution is 2.65. The molecule has 4 heteroatoms. The van der Waals surface area contributed by atoms with Gasteiger partial charge in [-0.05, 0) is 42.6 Å². The Morgan fingerprint density at radius 2 is 1.57 bits per heavy atom. The Labute approximate surface area is 134 Å². The SMILES string of the molecule is Cc1ccc(/C=N\N2C(=O)[C@H]3[C@@H]4C=C[C@H]([C@@H]5C[C@H]45)[C@@H]3C2=O)cc1. The number of hydrogen-bond acceptors (Lipinski definition) is 3. The van der Waals surface area contributed by atoms with Crippen molar-refractivity contribution in [3.05, 3.63) is 47.5 Å². The molecule has 4 aliphatic carbocycles. The Balaban J connectivity index is 1.44. The summed E-state index contributed by atoms with van der Waals surface area (Å²) in [6, 6.07) is 7.87. The van der Waals surface area contributed by atoms with Gasteiger partial charge in [-0.2, -0.15) is 10.1 Å². The van der Waals surface area contributed by atoms with Crippen molar-refractivity contribution in [1.29, 1.82) is 0 Å². The number of imide groups is 1. The highest BCUT2D eigenvalue weighted by atomic mass is 16.2. The first-order valence-electron chi connectivity index (χ1n) is 8.32. The van der Waals surface area contributed by atoms with Crippen LogP contribution in [0.5, 0.6) is 0 Å². The minimum Gasteiger partial charge on any atom is -0.272 e. The van der Waals surface area contributed by atoms with Gasteiger partial charge in [-0.3, -0.25) is 9.59 Å². The molecule has 5 aliphatic rings. The van der Waals surface area contributed by atoms with Crippen molar-refractivity contribution >= 4 is 18.0 Å². The van der Waals surface area contributed by atoms with Crippen LogP contribution in [-0.4, -0.2) is 23.0 Å². The van der Waals surface area contributed by atoms with Crippen molar-refractivity contribution in [3.8, 4) is 0 Å². The van der Waals surface area contributed by atoms with Crippen LogP contribution in [0.15, 0.2) is 41.5 Å². The average molecular weight is 306 g/mol. The second-order valence-corrected chi connectivity index (χ2v) is 7.30. The Kier molecular flexibility index (Phi) is 2.53. The van der Waals surface area contributed by atoms with E-state index in [1.54, 1.807) is 6.21 Å². The van der Waals surface area contributed by atoms with Crippen molar-refractivity contribution in [2.75, 3.05) is 0 Å². The van der Waals surface area contributed by atoms with E-state index in [0.717, 1.165) is 10.6 Å². The van der Waals surface area contributed by atoms with Gasteiger partial charge in [-0.1, -0.05) is 42.0 Å². The Morgan fingerprint density at radius 1 is 1.00 bits per heavy atom. The molecule has 0 aromatic heterocycles. The summed E-state index contributed by atoms with van der Waals surface area (Å²) in [6.07, 6.45) is 7.15. The lowest BCUT2D eigenvalue weighted by Gasteiger charge is -2.37. The van der Waals surface area contributed by atoms with Crippen molar-refractivity contribution in [1.82, 2.24) is 5.01 Å². The molecule has 2 amide bonds. The van der Waals surface area contributed by atoms with Crippen LogP contribution >= 0.6 is 0 Å². The van der Waals surface area contributed by atoms with Gasteiger partial charge in [0.25, 0.3) is 11.8 Å². The van der Waals surface area contributed by atoms with Gasteiger partial charge in [0.05, 0.1) is 18.1 Å². The van der Waals surface area contributed by atoms with E-state index in [0.29, 0.717) is 11.8 Å². The van der Waals surface area contributed by atoms with Crippen molar-refractivity contribution < 1.29 is 9.59 Å². The van der Waals surface area contributed by atoms with Gasteiger partial charge in [-0.15, -0.1) is 0 Å². The largest absolute Gasteiger partial charge is 0.272 e. The van der Waals surface area contributed by atoms with E-state index >= 15 is 0 Å². The molecule has 6 atom stereocenters. The van der Waals surface area contributed by atoms with Crippen LogP contribution in [-0.2, 0) is 9.59 Å². The average Bonchev–Trinajstić information content (AvgIpc) is 3.33. The molecule has 1 aromatic carbocycles. The van der Waals surface area contributed by atoms with Gasteiger partial charge < -0.3 is 0 Å². The molecule has 0 unspecified atom stereocenters. The predicted octanol–water partition coefficient (Wildman–Crippen LogP) is 2.38. The summed E-state index contributed by atoms with van der Waals surface area (Å²) < 4.78 is 0. The fourth-order valence-corrected chi connectivity index (χ4v) is 4.83. The number of carbonyl (C=O) groups excluding carboxylic acids is 2. The first kappa shape index (κ1) is 13.2. The minimum absolute atomic E-state index is 0.104. The van der Waals surface area contributed by atoms with Gasteiger partial charge in [0.1, 0.15) is 0 Å². The molecule has 3 fully saturated rings. The zero-order valence-corrected chi connectivity index (χ0v) is 12.9. The van der Waals surface area contributed by atoms with Crippen molar-refractivity contribution in [2.24, 2.45) is 40.6 Å². The molecule has 1 saturated heterocycles. The number of amides is 2. The van der Waals surface area contributed by atoms with Crippen LogP contribution in [0.25, 0.3) is 0 Å². The molecule has 1 heterocycles. The summed E-state index contributed by atoms with van der Waals surface area (Å²) in [5, 5.41) is 5.36. The number of aryl methyl sites for hydroxylation is 1. The molecule has 0 radical (unpaired) electrons. The molecular weight excluding hydrogens is 288 g/mol. The van der Waals surface area contributed by atoms with Crippen LogP contribution in [0, 0.1) is 42.4 Å². The molecule has 2 bridgehead atoms. The number of carbonyl (C=O) groups is 2. The molecular formula is C19H18N2O2. The van der Waals surface area contributed by atoms with Gasteiger partial charge in [0, 0.05) is 0 Å². The second-order valence-electron chi connectivity index (χ2n) is 7.30. The first-order valence-corrected chi connectivity index (χ1v) is 8.32. The highest BCUT2D eigenvalue weighted by molar-refractivity contribution is 6.06. The smallest absolute Gasteiger partial charge is 0.254 e. The van der Waals surface area contributed by atoms with Gasteiger partial charge in [0.15, 0.2) is 0 Å². The quantitative estimate of drug-likeness (QED) is 0.478. The molecule has 116 valence electrons. The summed E-state index contributed by atoms with van der Waals surface area (Å²) in [5.41, 5.74) is 2.07. The third-order valence-electron chi connectivity index (χ3n) is 6.04. The molecule has 0 spiro atoms. The lowest BCUT2D eigenvalue weighted by atomic mass is 9.63. The molecule has 23 heavy (non-hydrogen) atoms. The second kappa shape index (κ2) is 4.40. The Hall–Kier alpha value is -2.23. The number of nitrogens with zero attached hydrogens (tertiary/aromatic N) is 2. The van der Waals surface area contributed by atoms with Gasteiger partial charge >= 0.3 is 0 Å². The standard InChI is InChI=1S/C19H18N2O2/c1-10-2-4-11(5-3-10)9-20-21-18(22)16-12-6-7-13(15-8-14(12)15)17(16)19(21)23/h2-7,9,12-17H,8H2,1H3/b20-9-/t12-,13-,14-,15+,16+,17+/m1/s1. The summed E-state index contributed by atoms with van der Waals surface area (Å²) in [7, 11) is 0. The number of rotatable bonds is 2. The molecule has 4 nitrogen and oxygen atoms in total. The summed E-state index contributed by atoms with van der Waals surface area (Å²) in [4.78, 5) is 25.5. The first-order chi connectivity index (χ1) is 11.1. The topological polar surface area (TPSA) is 49.7 Å². The molecule has 2 saturated carbocycles. The van der Waals surface area contributed by atoms with Crippen LogP contribution in [0.4, 0.5) is 0 Å². The Morgan fingerprint density at radius 3 is 2.13 bits per heavy atom. The maximum Gasteiger partial charge on any atom is 0.254 e. The van der Waals surface area contributed by atoms with Crippen LogP contribution in [0.3, 0.4) is 0 Å². The predicted molar refractivity (Wildman–Crippen MR) is 85.3 cm³/mol. The maximum atomic E-state index is 12.7. The Bertz CT molecular complexity index is 728. The number of hydrazone groups is 1. The number of hydrogen-bond donors (Lipinski definition) is 0. The molecule has 1 aliphatic heterocycles. The molecule has 6 rings (SSSR count). The zero-order chi connectivity index (χ0) is 15.7. The lowest BCUT2D eigenvalue weighted by molar-refractivity contribution is -0.140. The van der Waals surface area contributed by atoms with Crippen molar-refractivity contribution in [2.45, 2.75) is 13.3 Å². The third kappa shape index (κ3) is 1.75. The highest BCUT2D eigenvalue weighted by Gasteiger charge is 2.67. The van der Waals surface area contributed by atoms with Crippen LogP contribution < -0.4 is 0 Å². The zero-order valence-electron chi connectivity index (χ0n) is 12.9. The third-order valence-corrected chi connectivity index (χ3v) is 6.04.